The maximum atomic E-state index is 11.5. The van der Waals surface area contributed by atoms with Crippen LogP contribution in [0.25, 0.3) is 0 Å². The van der Waals surface area contributed by atoms with E-state index in [-0.39, 0.29) is 18.3 Å². The zero-order chi connectivity index (χ0) is 12.7. The highest BCUT2D eigenvalue weighted by atomic mass is 35.5. The summed E-state index contributed by atoms with van der Waals surface area (Å²) < 4.78 is 0. The number of aryl methyl sites for hydroxylation is 1. The van der Waals surface area contributed by atoms with Gasteiger partial charge in [-0.1, -0.05) is 12.1 Å². The molecule has 3 N–H and O–H groups in total. The third-order valence-electron chi connectivity index (χ3n) is 2.53. The monoisotopic (exact) mass is 288 g/mol. The Morgan fingerprint density at radius 3 is 2.78 bits per heavy atom. The minimum atomic E-state index is 0. The van der Waals surface area contributed by atoms with E-state index in [1.54, 1.807) is 11.8 Å². The average molecular weight is 289 g/mol. The molecule has 1 aromatic carbocycles. The van der Waals surface area contributed by atoms with E-state index in [2.05, 4.69) is 36.7 Å². The van der Waals surface area contributed by atoms with E-state index in [4.69, 9.17) is 5.73 Å². The summed E-state index contributed by atoms with van der Waals surface area (Å²) in [4.78, 5) is 12.7. The third-order valence-corrected chi connectivity index (χ3v) is 3.35. The summed E-state index contributed by atoms with van der Waals surface area (Å²) >= 11 is 1.71. The van der Waals surface area contributed by atoms with Crippen molar-refractivity contribution in [3.05, 3.63) is 29.3 Å². The summed E-state index contributed by atoms with van der Waals surface area (Å²) in [5, 5.41) is 2.92. The number of carbonyl (C=O) groups excluding carboxylic acids is 1. The van der Waals surface area contributed by atoms with Crippen LogP contribution >= 0.6 is 24.2 Å². The van der Waals surface area contributed by atoms with Gasteiger partial charge >= 0.3 is 0 Å². The topological polar surface area (TPSA) is 55.1 Å². The lowest BCUT2D eigenvalue weighted by Crippen LogP contribution is -2.23. The number of amides is 1. The summed E-state index contributed by atoms with van der Waals surface area (Å²) in [6.45, 7) is 3.23. The van der Waals surface area contributed by atoms with Gasteiger partial charge in [-0.15, -0.1) is 24.2 Å². The molecule has 3 nitrogen and oxygen atoms in total. The molecule has 0 aliphatic rings. The number of benzene rings is 1. The Morgan fingerprint density at radius 1 is 1.44 bits per heavy atom. The lowest BCUT2D eigenvalue weighted by molar-refractivity contribution is -0.121. The molecule has 0 heterocycles. The Labute approximate surface area is 119 Å². The number of hydrogen-bond donors (Lipinski definition) is 2. The molecule has 0 bridgehead atoms. The summed E-state index contributed by atoms with van der Waals surface area (Å²) in [5.74, 6) is 0.0723. The predicted octanol–water partition coefficient (Wildman–Crippen LogP) is 2.49. The summed E-state index contributed by atoms with van der Waals surface area (Å²) in [6, 6.07) is 6.29. The van der Waals surface area contributed by atoms with Crippen LogP contribution in [0.2, 0.25) is 0 Å². The van der Waals surface area contributed by atoms with Crippen molar-refractivity contribution < 1.29 is 4.79 Å². The van der Waals surface area contributed by atoms with E-state index in [1.165, 1.54) is 16.0 Å². The first-order valence-corrected chi connectivity index (χ1v) is 7.00. The smallest absolute Gasteiger partial charge is 0.220 e. The van der Waals surface area contributed by atoms with Crippen molar-refractivity contribution in [3.63, 3.8) is 0 Å². The summed E-state index contributed by atoms with van der Waals surface area (Å²) in [5.41, 5.74) is 7.78. The molecule has 1 aromatic rings. The maximum absolute atomic E-state index is 11.5. The van der Waals surface area contributed by atoms with Gasteiger partial charge in [0.15, 0.2) is 0 Å². The van der Waals surface area contributed by atoms with E-state index in [9.17, 15) is 4.79 Å². The molecule has 0 spiro atoms. The van der Waals surface area contributed by atoms with Crippen LogP contribution in [0, 0.1) is 6.92 Å². The molecule has 1 rings (SSSR count). The van der Waals surface area contributed by atoms with E-state index >= 15 is 0 Å². The van der Waals surface area contributed by atoms with Crippen molar-refractivity contribution in [2.75, 3.05) is 12.8 Å². The Bertz CT molecular complexity index is 385. The van der Waals surface area contributed by atoms with Gasteiger partial charge in [-0.2, -0.15) is 0 Å². The Hall–Kier alpha value is -0.710. The Kier molecular flexibility index (Phi) is 8.89. The molecule has 0 saturated heterocycles. The Morgan fingerprint density at radius 2 is 2.17 bits per heavy atom. The fraction of sp³-hybridized carbons (Fsp3) is 0.462. The molecule has 0 radical (unpaired) electrons. The number of halogens is 1. The normalized spacial score (nSPS) is 9.72. The third kappa shape index (κ3) is 5.76. The number of hydrogen-bond acceptors (Lipinski definition) is 3. The lowest BCUT2D eigenvalue weighted by atomic mass is 10.1. The number of nitrogens with two attached hydrogens (primary N) is 1. The summed E-state index contributed by atoms with van der Waals surface area (Å²) in [7, 11) is 0. The molecule has 0 unspecified atom stereocenters. The van der Waals surface area contributed by atoms with Gasteiger partial charge in [0.2, 0.25) is 5.91 Å². The first-order chi connectivity index (χ1) is 8.17. The van der Waals surface area contributed by atoms with Crippen molar-refractivity contribution in [2.45, 2.75) is 31.2 Å². The molecule has 0 saturated carbocycles. The zero-order valence-electron chi connectivity index (χ0n) is 10.9. The van der Waals surface area contributed by atoms with E-state index in [1.807, 2.05) is 0 Å². The zero-order valence-corrected chi connectivity index (χ0v) is 12.5. The summed E-state index contributed by atoms with van der Waals surface area (Å²) in [6.07, 6.45) is 3.31. The van der Waals surface area contributed by atoms with Gasteiger partial charge in [0.05, 0.1) is 0 Å². The second kappa shape index (κ2) is 9.25. The first kappa shape index (κ1) is 17.3. The van der Waals surface area contributed by atoms with Crippen molar-refractivity contribution in [1.29, 1.82) is 0 Å². The van der Waals surface area contributed by atoms with Crippen molar-refractivity contribution in [2.24, 2.45) is 5.73 Å². The lowest BCUT2D eigenvalue weighted by Gasteiger charge is -2.09. The molecule has 0 fully saturated rings. The van der Waals surface area contributed by atoms with Crippen LogP contribution in [0.5, 0.6) is 0 Å². The van der Waals surface area contributed by atoms with Gasteiger partial charge in [-0.05, 0) is 43.3 Å². The molecule has 1 amide bonds. The van der Waals surface area contributed by atoms with Gasteiger partial charge in [-0.25, -0.2) is 0 Å². The second-order valence-electron chi connectivity index (χ2n) is 3.98. The number of carbonyl (C=O) groups is 1. The van der Waals surface area contributed by atoms with Gasteiger partial charge in [0.1, 0.15) is 0 Å². The fourth-order valence-corrected chi connectivity index (χ4v) is 2.25. The van der Waals surface area contributed by atoms with E-state index in [0.29, 0.717) is 19.5 Å². The highest BCUT2D eigenvalue weighted by Crippen LogP contribution is 2.21. The van der Waals surface area contributed by atoms with Gasteiger partial charge in [0, 0.05) is 17.9 Å². The van der Waals surface area contributed by atoms with E-state index < -0.39 is 0 Å². The predicted molar refractivity (Wildman–Crippen MR) is 80.3 cm³/mol. The minimum absolute atomic E-state index is 0. The van der Waals surface area contributed by atoms with Crippen LogP contribution in [0.3, 0.4) is 0 Å². The molecular weight excluding hydrogens is 268 g/mol. The average Bonchev–Trinajstić information content (AvgIpc) is 2.34. The molecule has 18 heavy (non-hydrogen) atoms. The fourth-order valence-electron chi connectivity index (χ4n) is 1.54. The number of thioether (sulfide) groups is 1. The first-order valence-electron chi connectivity index (χ1n) is 5.77. The standard InChI is InChI=1S/C13H20N2OS.ClH/c1-10-5-6-11(12(8-10)17-2)9-15-13(16)4-3-7-14;/h5-6,8H,3-4,7,9,14H2,1-2H3,(H,15,16);1H. The molecule has 0 atom stereocenters. The van der Waals surface area contributed by atoms with Crippen LogP contribution in [0.1, 0.15) is 24.0 Å². The van der Waals surface area contributed by atoms with Crippen molar-refractivity contribution >= 4 is 30.1 Å². The molecular formula is C13H21ClN2OS. The molecule has 0 aliphatic heterocycles. The highest BCUT2D eigenvalue weighted by Gasteiger charge is 2.04. The molecule has 0 aliphatic carbocycles. The van der Waals surface area contributed by atoms with E-state index in [0.717, 1.165) is 6.42 Å². The second-order valence-corrected chi connectivity index (χ2v) is 4.83. The molecule has 0 aromatic heterocycles. The Balaban J connectivity index is 0.00000289. The van der Waals surface area contributed by atoms with Crippen LogP contribution < -0.4 is 11.1 Å². The van der Waals surface area contributed by atoms with Gasteiger partial charge < -0.3 is 11.1 Å². The van der Waals surface area contributed by atoms with Gasteiger partial charge in [-0.3, -0.25) is 4.79 Å². The van der Waals surface area contributed by atoms with Crippen molar-refractivity contribution in [3.8, 4) is 0 Å². The number of nitrogens with one attached hydrogen (secondary N) is 1. The van der Waals surface area contributed by atoms with Crippen molar-refractivity contribution in [1.82, 2.24) is 5.32 Å². The SMILES string of the molecule is CSc1cc(C)ccc1CNC(=O)CCCN.Cl. The maximum Gasteiger partial charge on any atom is 0.220 e. The van der Waals surface area contributed by atoms with Crippen LogP contribution in [0.4, 0.5) is 0 Å². The minimum Gasteiger partial charge on any atom is -0.352 e. The largest absolute Gasteiger partial charge is 0.352 e. The van der Waals surface area contributed by atoms with Crippen LogP contribution in [-0.4, -0.2) is 18.7 Å². The van der Waals surface area contributed by atoms with Crippen LogP contribution in [0.15, 0.2) is 23.1 Å². The number of rotatable bonds is 6. The quantitative estimate of drug-likeness (QED) is 0.791. The molecule has 5 heteroatoms. The van der Waals surface area contributed by atoms with Crippen LogP contribution in [-0.2, 0) is 11.3 Å². The highest BCUT2D eigenvalue weighted by molar-refractivity contribution is 7.98. The van der Waals surface area contributed by atoms with Gasteiger partial charge in [0.25, 0.3) is 0 Å². The molecule has 102 valence electrons.